The summed E-state index contributed by atoms with van der Waals surface area (Å²) in [6.45, 7) is 7.49. The third-order valence-electron chi connectivity index (χ3n) is 5.13. The largest absolute Gasteiger partial charge is 0.341 e. The van der Waals surface area contributed by atoms with Gasteiger partial charge in [-0.3, -0.25) is 4.79 Å². The van der Waals surface area contributed by atoms with Gasteiger partial charge in [0.1, 0.15) is 0 Å². The van der Waals surface area contributed by atoms with Crippen LogP contribution in [-0.4, -0.2) is 34.0 Å². The molecule has 0 spiro atoms. The highest BCUT2D eigenvalue weighted by atomic mass is 16.5. The van der Waals surface area contributed by atoms with Gasteiger partial charge in [0, 0.05) is 24.4 Å². The van der Waals surface area contributed by atoms with Gasteiger partial charge in [0.2, 0.25) is 11.8 Å². The van der Waals surface area contributed by atoms with Crippen LogP contribution >= 0.6 is 0 Å². The van der Waals surface area contributed by atoms with Gasteiger partial charge in [0.25, 0.3) is 0 Å². The van der Waals surface area contributed by atoms with E-state index in [0.717, 1.165) is 31.1 Å². The molecule has 5 heteroatoms. The van der Waals surface area contributed by atoms with Crippen LogP contribution in [0.5, 0.6) is 0 Å². The molecular formula is C18H29N3O2. The molecule has 1 atom stereocenters. The summed E-state index contributed by atoms with van der Waals surface area (Å²) >= 11 is 0. The van der Waals surface area contributed by atoms with Crippen molar-refractivity contribution in [3.8, 4) is 0 Å². The van der Waals surface area contributed by atoms with Gasteiger partial charge in [-0.1, -0.05) is 45.2 Å². The number of carbonyl (C=O) groups is 1. The maximum absolute atomic E-state index is 12.5. The molecular weight excluding hydrogens is 290 g/mol. The van der Waals surface area contributed by atoms with E-state index >= 15 is 0 Å². The zero-order valence-electron chi connectivity index (χ0n) is 14.7. The van der Waals surface area contributed by atoms with Gasteiger partial charge < -0.3 is 9.42 Å². The number of carbonyl (C=O) groups excluding carboxylic acids is 1. The smallest absolute Gasteiger partial charge is 0.231 e. The van der Waals surface area contributed by atoms with Crippen molar-refractivity contribution >= 4 is 5.91 Å². The van der Waals surface area contributed by atoms with Gasteiger partial charge in [-0.25, -0.2) is 0 Å². The van der Waals surface area contributed by atoms with Crippen LogP contribution < -0.4 is 0 Å². The van der Waals surface area contributed by atoms with Crippen molar-refractivity contribution in [2.24, 2.45) is 5.41 Å². The van der Waals surface area contributed by atoms with Gasteiger partial charge in [-0.15, -0.1) is 0 Å². The Morgan fingerprint density at radius 1 is 1.09 bits per heavy atom. The Morgan fingerprint density at radius 3 is 2.48 bits per heavy atom. The summed E-state index contributed by atoms with van der Waals surface area (Å²) in [6, 6.07) is 0. The van der Waals surface area contributed by atoms with Crippen molar-refractivity contribution in [3.05, 3.63) is 11.7 Å². The minimum Gasteiger partial charge on any atom is -0.341 e. The third kappa shape index (κ3) is 3.75. The van der Waals surface area contributed by atoms with E-state index in [-0.39, 0.29) is 17.2 Å². The molecule has 1 aromatic rings. The third-order valence-corrected chi connectivity index (χ3v) is 5.13. The Bertz CT molecular complexity index is 541. The number of aromatic nitrogens is 2. The van der Waals surface area contributed by atoms with Crippen LogP contribution in [0.2, 0.25) is 0 Å². The number of amides is 1. The monoisotopic (exact) mass is 319 g/mol. The first-order chi connectivity index (χ1) is 10.9. The number of nitrogens with zero attached hydrogens (tertiary/aromatic N) is 3. The molecule has 0 bridgehead atoms. The Morgan fingerprint density at radius 2 is 1.78 bits per heavy atom. The molecule has 0 aromatic carbocycles. The lowest BCUT2D eigenvalue weighted by Crippen LogP contribution is -2.44. The molecule has 1 amide bonds. The molecule has 0 N–H and O–H groups in total. The molecule has 1 unspecified atom stereocenters. The Kier molecular flexibility index (Phi) is 4.74. The molecule has 1 aromatic heterocycles. The van der Waals surface area contributed by atoms with E-state index < -0.39 is 0 Å². The van der Waals surface area contributed by atoms with E-state index in [1.54, 1.807) is 0 Å². The van der Waals surface area contributed by atoms with E-state index in [9.17, 15) is 4.79 Å². The van der Waals surface area contributed by atoms with E-state index in [4.69, 9.17) is 9.51 Å². The van der Waals surface area contributed by atoms with Crippen LogP contribution in [0.3, 0.4) is 0 Å². The van der Waals surface area contributed by atoms with Crippen LogP contribution in [0, 0.1) is 5.41 Å². The van der Waals surface area contributed by atoms with E-state index in [0.29, 0.717) is 12.5 Å². The van der Waals surface area contributed by atoms with E-state index in [1.807, 2.05) is 25.7 Å². The summed E-state index contributed by atoms with van der Waals surface area (Å²) in [5.74, 6) is 2.50. The summed E-state index contributed by atoms with van der Waals surface area (Å²) in [6.07, 6.45) is 8.26. The van der Waals surface area contributed by atoms with Crippen LogP contribution in [0.25, 0.3) is 0 Å². The molecule has 23 heavy (non-hydrogen) atoms. The number of piperidine rings is 1. The highest BCUT2D eigenvalue weighted by molar-refractivity contribution is 5.81. The standard InChI is InChI=1S/C18H29N3O2/c1-18(2,3)17(22)21-11-7-10-14(12-21)16-19-15(20-23-16)13-8-5-4-6-9-13/h13-14H,4-12H2,1-3H3. The van der Waals surface area contributed by atoms with Crippen LogP contribution in [0.1, 0.15) is 89.3 Å². The first-order valence-electron chi connectivity index (χ1n) is 9.08. The summed E-state index contributed by atoms with van der Waals surface area (Å²) in [5.41, 5.74) is -0.329. The first kappa shape index (κ1) is 16.5. The molecule has 128 valence electrons. The maximum Gasteiger partial charge on any atom is 0.231 e. The van der Waals surface area contributed by atoms with Crippen molar-refractivity contribution in [2.75, 3.05) is 13.1 Å². The average Bonchev–Trinajstić information content (AvgIpc) is 3.04. The Hall–Kier alpha value is -1.39. The summed E-state index contributed by atoms with van der Waals surface area (Å²) in [7, 11) is 0. The topological polar surface area (TPSA) is 59.2 Å². The molecule has 2 heterocycles. The van der Waals surface area contributed by atoms with Crippen molar-refractivity contribution in [1.29, 1.82) is 0 Å². The average molecular weight is 319 g/mol. The fraction of sp³-hybridized carbons (Fsp3) is 0.833. The number of rotatable bonds is 2. The minimum absolute atomic E-state index is 0.194. The second-order valence-electron chi connectivity index (χ2n) is 8.17. The molecule has 1 aliphatic heterocycles. The second kappa shape index (κ2) is 6.62. The van der Waals surface area contributed by atoms with Crippen molar-refractivity contribution in [3.63, 3.8) is 0 Å². The SMILES string of the molecule is CC(C)(C)C(=O)N1CCCC(c2nc(C3CCCCC3)no2)C1. The summed E-state index contributed by atoms with van der Waals surface area (Å²) in [5, 5.41) is 4.24. The lowest BCUT2D eigenvalue weighted by atomic mass is 9.89. The molecule has 5 nitrogen and oxygen atoms in total. The molecule has 0 radical (unpaired) electrons. The zero-order valence-corrected chi connectivity index (χ0v) is 14.7. The minimum atomic E-state index is -0.329. The van der Waals surface area contributed by atoms with Gasteiger partial charge >= 0.3 is 0 Å². The highest BCUT2D eigenvalue weighted by Crippen LogP contribution is 2.33. The van der Waals surface area contributed by atoms with Crippen LogP contribution in [-0.2, 0) is 4.79 Å². The summed E-state index contributed by atoms with van der Waals surface area (Å²) < 4.78 is 5.57. The summed E-state index contributed by atoms with van der Waals surface area (Å²) in [4.78, 5) is 19.2. The van der Waals surface area contributed by atoms with Crippen molar-refractivity contribution in [2.45, 2.75) is 77.6 Å². The van der Waals surface area contributed by atoms with Crippen LogP contribution in [0.4, 0.5) is 0 Å². The lowest BCUT2D eigenvalue weighted by Gasteiger charge is -2.35. The fourth-order valence-electron chi connectivity index (χ4n) is 3.78. The van der Waals surface area contributed by atoms with E-state index in [1.165, 1.54) is 32.1 Å². The molecule has 2 fully saturated rings. The van der Waals surface area contributed by atoms with Gasteiger partial charge in [0.05, 0.1) is 5.92 Å². The molecule has 1 aliphatic carbocycles. The number of hydrogen-bond donors (Lipinski definition) is 0. The predicted molar refractivity (Wildman–Crippen MR) is 88.1 cm³/mol. The number of likely N-dealkylation sites (tertiary alicyclic amines) is 1. The lowest BCUT2D eigenvalue weighted by molar-refractivity contribution is -0.140. The fourth-order valence-corrected chi connectivity index (χ4v) is 3.78. The normalized spacial score (nSPS) is 24.0. The van der Waals surface area contributed by atoms with E-state index in [2.05, 4.69) is 5.16 Å². The highest BCUT2D eigenvalue weighted by Gasteiger charge is 2.34. The number of hydrogen-bond acceptors (Lipinski definition) is 4. The zero-order chi connectivity index (χ0) is 16.4. The Labute approximate surface area is 138 Å². The maximum atomic E-state index is 12.5. The van der Waals surface area contributed by atoms with Crippen molar-refractivity contribution in [1.82, 2.24) is 15.0 Å². The molecule has 3 rings (SSSR count). The molecule has 1 saturated carbocycles. The van der Waals surface area contributed by atoms with Gasteiger partial charge in [-0.05, 0) is 25.7 Å². The molecule has 1 saturated heterocycles. The van der Waals surface area contributed by atoms with Crippen LogP contribution in [0.15, 0.2) is 4.52 Å². The first-order valence-corrected chi connectivity index (χ1v) is 9.08. The second-order valence-corrected chi connectivity index (χ2v) is 8.17. The Balaban J connectivity index is 1.67. The quantitative estimate of drug-likeness (QED) is 0.830. The van der Waals surface area contributed by atoms with Gasteiger partial charge in [0.15, 0.2) is 5.82 Å². The van der Waals surface area contributed by atoms with Crippen molar-refractivity contribution < 1.29 is 9.32 Å². The predicted octanol–water partition coefficient (Wildman–Crippen LogP) is 3.87. The molecule has 2 aliphatic rings. The van der Waals surface area contributed by atoms with Gasteiger partial charge in [-0.2, -0.15) is 4.98 Å².